The Hall–Kier alpha value is -1.17. The number of nitrogens with two attached hydrogens (primary N) is 1. The van der Waals surface area contributed by atoms with Crippen molar-refractivity contribution >= 4 is 23.3 Å². The number of nitrogens with zero attached hydrogens (tertiary/aromatic N) is 1. The third kappa shape index (κ3) is 4.69. The van der Waals surface area contributed by atoms with Crippen LogP contribution in [0.3, 0.4) is 0 Å². The molecular formula is C23H34N2O2S. The number of hydrogen-bond acceptors (Lipinski definition) is 4. The molecule has 1 amide bonds. The molecule has 1 saturated heterocycles. The molecule has 1 saturated carbocycles. The van der Waals surface area contributed by atoms with Crippen LogP contribution in [0.15, 0.2) is 11.6 Å². The quantitative estimate of drug-likeness (QED) is 0.797. The van der Waals surface area contributed by atoms with Crippen molar-refractivity contribution in [3.05, 3.63) is 27.0 Å². The van der Waals surface area contributed by atoms with Gasteiger partial charge in [0, 0.05) is 41.1 Å². The highest BCUT2D eigenvalue weighted by Crippen LogP contribution is 2.41. The SMILES string of the molecule is CN(CC1CCC(c2cc3c(s2)CCCC(C(N)=O)=C3)CC1)C1CCOCC1. The Bertz CT molecular complexity index is 712. The molecule has 1 aliphatic heterocycles. The first-order chi connectivity index (χ1) is 13.6. The Morgan fingerprint density at radius 3 is 2.64 bits per heavy atom. The van der Waals surface area contributed by atoms with Crippen LogP contribution in [0.5, 0.6) is 0 Å². The van der Waals surface area contributed by atoms with Gasteiger partial charge in [-0.2, -0.15) is 0 Å². The van der Waals surface area contributed by atoms with Gasteiger partial charge < -0.3 is 15.4 Å². The van der Waals surface area contributed by atoms with Crippen LogP contribution in [0.25, 0.3) is 6.08 Å². The zero-order valence-corrected chi connectivity index (χ0v) is 17.9. The molecule has 3 aliphatic rings. The van der Waals surface area contributed by atoms with Crippen LogP contribution in [-0.4, -0.2) is 43.7 Å². The number of thiophene rings is 1. The fourth-order valence-electron chi connectivity index (χ4n) is 5.19. The van der Waals surface area contributed by atoms with Crippen molar-refractivity contribution in [2.24, 2.45) is 11.7 Å². The lowest BCUT2D eigenvalue weighted by Gasteiger charge is -2.36. The number of hydrogen-bond donors (Lipinski definition) is 1. The van der Waals surface area contributed by atoms with E-state index in [1.165, 1.54) is 60.4 Å². The normalized spacial score (nSPS) is 26.6. The van der Waals surface area contributed by atoms with Gasteiger partial charge in [-0.15, -0.1) is 11.3 Å². The summed E-state index contributed by atoms with van der Waals surface area (Å²) in [5.74, 6) is 1.28. The second kappa shape index (κ2) is 9.10. The molecule has 1 aromatic rings. The standard InChI is InChI=1S/C23H34N2O2S/c1-25(20-9-11-27-12-10-20)15-16-5-7-17(8-6-16)22-14-19-13-18(23(24)26)3-2-4-21(19)28-22/h13-14,16-17,20H,2-12,15H2,1H3,(H2,24,26). The van der Waals surface area contributed by atoms with E-state index in [1.807, 2.05) is 11.3 Å². The molecule has 4 rings (SSSR count). The number of primary amides is 1. The van der Waals surface area contributed by atoms with E-state index in [1.54, 1.807) is 0 Å². The zero-order valence-electron chi connectivity index (χ0n) is 17.1. The van der Waals surface area contributed by atoms with Gasteiger partial charge in [-0.1, -0.05) is 0 Å². The molecule has 0 bridgehead atoms. The predicted molar refractivity (Wildman–Crippen MR) is 116 cm³/mol. The number of aryl methyl sites for hydroxylation is 1. The zero-order chi connectivity index (χ0) is 19.5. The van der Waals surface area contributed by atoms with Crippen LogP contribution in [-0.2, 0) is 16.0 Å². The molecule has 2 aliphatic carbocycles. The largest absolute Gasteiger partial charge is 0.381 e. The third-order valence-corrected chi connectivity index (χ3v) is 8.34. The summed E-state index contributed by atoms with van der Waals surface area (Å²) in [6.07, 6.45) is 12.6. The van der Waals surface area contributed by atoms with E-state index in [9.17, 15) is 4.79 Å². The van der Waals surface area contributed by atoms with Crippen LogP contribution in [0.4, 0.5) is 0 Å². The smallest absolute Gasteiger partial charge is 0.244 e. The Kier molecular flexibility index (Phi) is 6.54. The van der Waals surface area contributed by atoms with Crippen LogP contribution < -0.4 is 5.73 Å². The number of rotatable bonds is 5. The molecule has 0 unspecified atom stereocenters. The molecule has 2 N–H and O–H groups in total. The van der Waals surface area contributed by atoms with E-state index in [-0.39, 0.29) is 5.91 Å². The Morgan fingerprint density at radius 1 is 1.18 bits per heavy atom. The monoisotopic (exact) mass is 402 g/mol. The average Bonchev–Trinajstić information content (AvgIpc) is 3.00. The maximum atomic E-state index is 11.6. The summed E-state index contributed by atoms with van der Waals surface area (Å²) in [4.78, 5) is 17.2. The van der Waals surface area contributed by atoms with Crippen molar-refractivity contribution < 1.29 is 9.53 Å². The first kappa shape index (κ1) is 20.1. The van der Waals surface area contributed by atoms with Crippen molar-refractivity contribution in [3.8, 4) is 0 Å². The van der Waals surface area contributed by atoms with Gasteiger partial charge in [0.05, 0.1) is 0 Å². The maximum Gasteiger partial charge on any atom is 0.244 e. The predicted octanol–water partition coefficient (Wildman–Crippen LogP) is 4.34. The van der Waals surface area contributed by atoms with E-state index >= 15 is 0 Å². The fraction of sp³-hybridized carbons (Fsp3) is 0.696. The fourth-order valence-corrected chi connectivity index (χ4v) is 6.54. The highest BCUT2D eigenvalue weighted by atomic mass is 32.1. The lowest BCUT2D eigenvalue weighted by Crippen LogP contribution is -2.40. The lowest BCUT2D eigenvalue weighted by molar-refractivity contribution is -0.114. The molecular weight excluding hydrogens is 368 g/mol. The summed E-state index contributed by atoms with van der Waals surface area (Å²) >= 11 is 1.99. The van der Waals surface area contributed by atoms with Crippen molar-refractivity contribution in [1.82, 2.24) is 4.90 Å². The molecule has 1 aromatic heterocycles. The summed E-state index contributed by atoms with van der Waals surface area (Å²) in [5.41, 5.74) is 7.59. The van der Waals surface area contributed by atoms with E-state index in [4.69, 9.17) is 10.5 Å². The first-order valence-electron chi connectivity index (χ1n) is 11.0. The van der Waals surface area contributed by atoms with E-state index in [0.717, 1.165) is 44.0 Å². The van der Waals surface area contributed by atoms with Gasteiger partial charge in [-0.3, -0.25) is 4.79 Å². The van der Waals surface area contributed by atoms with Crippen molar-refractivity contribution in [2.75, 3.05) is 26.8 Å². The molecule has 0 aromatic carbocycles. The summed E-state index contributed by atoms with van der Waals surface area (Å²) in [5, 5.41) is 0. The van der Waals surface area contributed by atoms with Gasteiger partial charge in [0.1, 0.15) is 0 Å². The van der Waals surface area contributed by atoms with E-state index in [0.29, 0.717) is 12.0 Å². The van der Waals surface area contributed by atoms with Gasteiger partial charge >= 0.3 is 0 Å². The number of fused-ring (bicyclic) bond motifs is 1. The minimum Gasteiger partial charge on any atom is -0.381 e. The average molecular weight is 403 g/mol. The highest BCUT2D eigenvalue weighted by Gasteiger charge is 2.27. The number of carbonyl (C=O) groups excluding carboxylic acids is 1. The van der Waals surface area contributed by atoms with Gasteiger partial charge in [0.25, 0.3) is 0 Å². The van der Waals surface area contributed by atoms with E-state index < -0.39 is 0 Å². The van der Waals surface area contributed by atoms with Crippen LogP contribution >= 0.6 is 11.3 Å². The van der Waals surface area contributed by atoms with E-state index in [2.05, 4.69) is 24.1 Å². The molecule has 0 radical (unpaired) electrons. The minimum atomic E-state index is -0.255. The van der Waals surface area contributed by atoms with Crippen molar-refractivity contribution in [2.45, 2.75) is 69.7 Å². The van der Waals surface area contributed by atoms with Gasteiger partial charge in [0.15, 0.2) is 0 Å². The van der Waals surface area contributed by atoms with Crippen LogP contribution in [0, 0.1) is 5.92 Å². The highest BCUT2D eigenvalue weighted by molar-refractivity contribution is 7.12. The van der Waals surface area contributed by atoms with Gasteiger partial charge in [-0.05, 0) is 94.4 Å². The Balaban J connectivity index is 1.33. The maximum absolute atomic E-state index is 11.6. The summed E-state index contributed by atoms with van der Waals surface area (Å²) in [6.45, 7) is 3.09. The second-order valence-corrected chi connectivity index (χ2v) is 10.1. The van der Waals surface area contributed by atoms with Gasteiger partial charge in [-0.25, -0.2) is 0 Å². The third-order valence-electron chi connectivity index (χ3n) is 6.97. The molecule has 5 heteroatoms. The van der Waals surface area contributed by atoms with Crippen molar-refractivity contribution in [3.63, 3.8) is 0 Å². The van der Waals surface area contributed by atoms with Crippen LogP contribution in [0.1, 0.15) is 72.6 Å². The molecule has 0 atom stereocenters. The molecule has 2 fully saturated rings. The number of amides is 1. The molecule has 4 nitrogen and oxygen atoms in total. The first-order valence-corrected chi connectivity index (χ1v) is 11.8. The number of carbonyl (C=O) groups is 1. The second-order valence-electron chi connectivity index (χ2n) is 8.92. The summed E-state index contributed by atoms with van der Waals surface area (Å²) < 4.78 is 5.51. The number of ether oxygens (including phenoxy) is 1. The summed E-state index contributed by atoms with van der Waals surface area (Å²) in [6, 6.07) is 3.07. The molecule has 154 valence electrons. The minimum absolute atomic E-state index is 0.255. The van der Waals surface area contributed by atoms with Gasteiger partial charge in [0.2, 0.25) is 5.91 Å². The Morgan fingerprint density at radius 2 is 1.93 bits per heavy atom. The topological polar surface area (TPSA) is 55.6 Å². The van der Waals surface area contributed by atoms with Crippen LogP contribution in [0.2, 0.25) is 0 Å². The molecule has 2 heterocycles. The molecule has 0 spiro atoms. The van der Waals surface area contributed by atoms with Crippen molar-refractivity contribution in [1.29, 1.82) is 0 Å². The lowest BCUT2D eigenvalue weighted by atomic mass is 9.81. The Labute approximate surface area is 173 Å². The summed E-state index contributed by atoms with van der Waals surface area (Å²) in [7, 11) is 2.31. The molecule has 28 heavy (non-hydrogen) atoms.